The van der Waals surface area contributed by atoms with Gasteiger partial charge >= 0.3 is 265 Å². The van der Waals surface area contributed by atoms with Crippen LogP contribution < -0.4 is 10.9 Å². The number of rotatable bonds is 7. The fraction of sp³-hybridized carbons (Fsp3) is 0.238. The van der Waals surface area contributed by atoms with Crippen LogP contribution in [0.4, 0.5) is 0 Å². The molecule has 2 heteroatoms. The number of allylic oxidation sites excluding steroid dienone is 2. The Morgan fingerprint density at radius 2 is 1.02 bits per heavy atom. The van der Waals surface area contributed by atoms with Gasteiger partial charge in [0, 0.05) is 0 Å². The van der Waals surface area contributed by atoms with Gasteiger partial charge in [0.05, 0.1) is 0 Å². The summed E-state index contributed by atoms with van der Waals surface area (Å²) < 4.78 is 0. The minimum atomic E-state index is -1.94. The third-order valence-electron chi connectivity index (χ3n) is 10.4. The summed E-state index contributed by atoms with van der Waals surface area (Å²) in [5, 5.41) is 8.00. The zero-order valence-electron chi connectivity index (χ0n) is 26.5. The van der Waals surface area contributed by atoms with Crippen LogP contribution in [0, 0.1) is 5.92 Å². The molecule has 0 heterocycles. The molecule has 1 saturated carbocycles. The SMILES string of the molecule is C/C(=C(\C[PH](C)(C)B(c1ccc2ccccc2c1)c1ccc2ccccc2c1)C1CCCCC1)c1ccc2ccccc2c1. The number of fused-ring (bicyclic) bond motifs is 3. The van der Waals surface area contributed by atoms with Gasteiger partial charge in [-0.05, 0) is 0 Å². The molecule has 0 aromatic heterocycles. The predicted octanol–water partition coefficient (Wildman–Crippen LogP) is 10.3. The van der Waals surface area contributed by atoms with Crippen molar-refractivity contribution in [3.05, 3.63) is 139 Å². The maximum atomic E-state index is 2.67. The summed E-state index contributed by atoms with van der Waals surface area (Å²) in [5.41, 5.74) is 7.62. The Balaban J connectivity index is 1.36. The Kier molecular flexibility index (Phi) is 8.18. The third kappa shape index (κ3) is 5.88. The van der Waals surface area contributed by atoms with Crippen LogP contribution >= 0.6 is 7.14 Å². The van der Waals surface area contributed by atoms with Crippen molar-refractivity contribution in [3.8, 4) is 0 Å². The second-order valence-electron chi connectivity index (χ2n) is 13.9. The van der Waals surface area contributed by atoms with E-state index in [9.17, 15) is 0 Å². The van der Waals surface area contributed by atoms with E-state index >= 15 is 0 Å². The number of hydrogen-bond donors (Lipinski definition) is 0. The topological polar surface area (TPSA) is 0 Å². The van der Waals surface area contributed by atoms with Crippen molar-refractivity contribution in [2.75, 3.05) is 19.5 Å². The molecule has 0 bridgehead atoms. The molecule has 1 aliphatic rings. The van der Waals surface area contributed by atoms with Gasteiger partial charge in [-0.3, -0.25) is 0 Å². The van der Waals surface area contributed by atoms with Gasteiger partial charge in [-0.15, -0.1) is 0 Å². The average Bonchev–Trinajstić information content (AvgIpc) is 3.07. The van der Waals surface area contributed by atoms with Gasteiger partial charge in [0.25, 0.3) is 0 Å². The molecule has 0 nitrogen and oxygen atoms in total. The van der Waals surface area contributed by atoms with Gasteiger partial charge in [-0.25, -0.2) is 0 Å². The minimum absolute atomic E-state index is 0.403. The molecule has 0 radical (unpaired) electrons. The summed E-state index contributed by atoms with van der Waals surface area (Å²) in [6.07, 6.45) is 8.40. The molecule has 6 aromatic rings. The molecular formula is C42H44BP. The van der Waals surface area contributed by atoms with E-state index in [1.807, 2.05) is 0 Å². The van der Waals surface area contributed by atoms with Crippen LogP contribution in [0.2, 0.25) is 0 Å². The Labute approximate surface area is 264 Å². The maximum absolute atomic E-state index is 2.67. The molecule has 0 atom stereocenters. The van der Waals surface area contributed by atoms with E-state index < -0.39 is 7.14 Å². The monoisotopic (exact) mass is 590 g/mol. The van der Waals surface area contributed by atoms with Gasteiger partial charge in [-0.2, -0.15) is 0 Å². The molecule has 0 amide bonds. The van der Waals surface area contributed by atoms with E-state index in [0.29, 0.717) is 12.4 Å². The van der Waals surface area contributed by atoms with E-state index in [4.69, 9.17) is 0 Å². The van der Waals surface area contributed by atoms with Crippen molar-refractivity contribution >= 4 is 62.4 Å². The van der Waals surface area contributed by atoms with Crippen LogP contribution in [-0.2, 0) is 0 Å². The van der Waals surface area contributed by atoms with Crippen LogP contribution in [0.1, 0.15) is 44.6 Å². The molecule has 7 rings (SSSR count). The second kappa shape index (κ2) is 12.4. The van der Waals surface area contributed by atoms with Gasteiger partial charge in [-0.1, -0.05) is 0 Å². The molecule has 0 aliphatic heterocycles. The Morgan fingerprint density at radius 1 is 0.568 bits per heavy atom. The van der Waals surface area contributed by atoms with E-state index in [-0.39, 0.29) is 0 Å². The van der Waals surface area contributed by atoms with Gasteiger partial charge in [0.2, 0.25) is 0 Å². The fourth-order valence-corrected chi connectivity index (χ4v) is 12.0. The normalized spacial score (nSPS) is 15.4. The molecule has 0 unspecified atom stereocenters. The zero-order chi connectivity index (χ0) is 30.1. The molecule has 1 fully saturated rings. The first-order chi connectivity index (χ1) is 21.5. The van der Waals surface area contributed by atoms with Gasteiger partial charge in [0.1, 0.15) is 0 Å². The fourth-order valence-electron chi connectivity index (χ4n) is 8.10. The molecule has 44 heavy (non-hydrogen) atoms. The van der Waals surface area contributed by atoms with Gasteiger partial charge in [0.15, 0.2) is 0 Å². The molecule has 6 aromatic carbocycles. The van der Waals surface area contributed by atoms with Crippen LogP contribution in [0.25, 0.3) is 37.9 Å². The first kappa shape index (κ1) is 29.1. The standard InChI is InChI=1S/C42H44BP/c1-31(36-22-21-32-13-7-10-18-37(32)27-36)42(35-16-5-4-6-17-35)30-44(2,3)43(40-25-23-33-14-8-11-19-38(33)28-40)41-26-24-34-15-9-12-20-39(34)29-41/h7-15,18-29,35,44H,4-6,16-17,30H2,1-3H3/b42-31-. The van der Waals surface area contributed by atoms with E-state index in [1.165, 1.54) is 92.6 Å². The summed E-state index contributed by atoms with van der Waals surface area (Å²) >= 11 is 0. The van der Waals surface area contributed by atoms with Crippen molar-refractivity contribution < 1.29 is 0 Å². The quantitative estimate of drug-likeness (QED) is 0.128. The summed E-state index contributed by atoms with van der Waals surface area (Å²) in [7, 11) is -1.94. The van der Waals surface area contributed by atoms with Crippen molar-refractivity contribution in [1.29, 1.82) is 0 Å². The van der Waals surface area contributed by atoms with E-state index in [1.54, 1.807) is 5.57 Å². The van der Waals surface area contributed by atoms with Crippen molar-refractivity contribution in [1.82, 2.24) is 0 Å². The van der Waals surface area contributed by atoms with Crippen LogP contribution in [0.3, 0.4) is 0 Å². The number of hydrogen-bond acceptors (Lipinski definition) is 0. The van der Waals surface area contributed by atoms with Gasteiger partial charge < -0.3 is 0 Å². The van der Waals surface area contributed by atoms with Crippen LogP contribution in [-0.4, -0.2) is 25.9 Å². The number of benzene rings is 6. The first-order valence-corrected chi connectivity index (χ1v) is 19.9. The summed E-state index contributed by atoms with van der Waals surface area (Å²) in [4.78, 5) is 0. The summed E-state index contributed by atoms with van der Waals surface area (Å²) in [6.45, 7) is 7.76. The molecular weight excluding hydrogens is 546 g/mol. The molecule has 0 N–H and O–H groups in total. The third-order valence-corrected chi connectivity index (χ3v) is 13.9. The van der Waals surface area contributed by atoms with Crippen molar-refractivity contribution in [2.24, 2.45) is 5.92 Å². The van der Waals surface area contributed by atoms with Crippen molar-refractivity contribution in [2.45, 2.75) is 39.0 Å². The molecule has 220 valence electrons. The average molecular weight is 591 g/mol. The molecule has 1 aliphatic carbocycles. The van der Waals surface area contributed by atoms with Crippen LogP contribution in [0.15, 0.2) is 133 Å². The van der Waals surface area contributed by atoms with E-state index in [0.717, 1.165) is 0 Å². The van der Waals surface area contributed by atoms with E-state index in [2.05, 4.69) is 148 Å². The Morgan fingerprint density at radius 3 is 1.55 bits per heavy atom. The molecule has 0 spiro atoms. The molecule has 0 saturated heterocycles. The van der Waals surface area contributed by atoms with Crippen LogP contribution in [0.5, 0.6) is 0 Å². The summed E-state index contributed by atoms with van der Waals surface area (Å²) in [5.74, 6) is 0.691. The predicted molar refractivity (Wildman–Crippen MR) is 201 cm³/mol. The Hall–Kier alpha value is -3.67. The zero-order valence-corrected chi connectivity index (χ0v) is 27.5. The Bertz CT molecular complexity index is 1900. The summed E-state index contributed by atoms with van der Waals surface area (Å²) in [6, 6.07) is 48.2. The van der Waals surface area contributed by atoms with Crippen molar-refractivity contribution in [3.63, 3.8) is 0 Å². The first-order valence-electron chi connectivity index (χ1n) is 16.6. The second-order valence-corrected chi connectivity index (χ2v) is 18.8.